The van der Waals surface area contributed by atoms with Crippen molar-refractivity contribution >= 4 is 11.5 Å². The van der Waals surface area contributed by atoms with Crippen molar-refractivity contribution in [2.24, 2.45) is 0 Å². The first-order chi connectivity index (χ1) is 9.03. The monoisotopic (exact) mass is 264 g/mol. The van der Waals surface area contributed by atoms with Crippen LogP contribution in [0.2, 0.25) is 0 Å². The highest BCUT2D eigenvalue weighted by atomic mass is 16.6. The van der Waals surface area contributed by atoms with E-state index in [9.17, 15) is 10.1 Å². The average Bonchev–Trinajstić information content (AvgIpc) is 2.87. The van der Waals surface area contributed by atoms with Crippen LogP contribution in [0.4, 0.5) is 11.5 Å². The number of likely N-dealkylation sites (N-methyl/N-ethyl adjacent to an activating group) is 1. The Morgan fingerprint density at radius 2 is 2.11 bits per heavy atom. The number of nitrogens with one attached hydrogen (secondary N) is 1. The maximum Gasteiger partial charge on any atom is 0.287 e. The van der Waals surface area contributed by atoms with Crippen LogP contribution in [0.5, 0.6) is 0 Å². The quantitative estimate of drug-likeness (QED) is 0.652. The zero-order chi connectivity index (χ0) is 13.9. The minimum Gasteiger partial charge on any atom is -0.368 e. The van der Waals surface area contributed by atoms with Crippen molar-refractivity contribution < 1.29 is 4.92 Å². The van der Waals surface area contributed by atoms with Gasteiger partial charge in [0.2, 0.25) is 0 Å². The molecule has 1 heterocycles. The fourth-order valence-corrected chi connectivity index (χ4v) is 2.67. The third kappa shape index (κ3) is 3.01. The number of pyridine rings is 1. The second-order valence-corrected chi connectivity index (χ2v) is 5.34. The topological polar surface area (TPSA) is 71.3 Å². The fraction of sp³-hybridized carbons (Fsp3) is 0.615. The van der Waals surface area contributed by atoms with Gasteiger partial charge in [0.05, 0.1) is 4.92 Å². The van der Waals surface area contributed by atoms with E-state index < -0.39 is 4.92 Å². The first-order valence-electron chi connectivity index (χ1n) is 6.55. The Balaban J connectivity index is 1.99. The summed E-state index contributed by atoms with van der Waals surface area (Å²) >= 11 is 0. The van der Waals surface area contributed by atoms with Crippen molar-refractivity contribution in [2.45, 2.75) is 31.2 Å². The average molecular weight is 264 g/mol. The molecule has 0 bridgehead atoms. The Morgan fingerprint density at radius 3 is 2.58 bits per heavy atom. The Labute approximate surface area is 113 Å². The molecule has 1 aromatic heterocycles. The minimum atomic E-state index is -0.435. The van der Waals surface area contributed by atoms with Gasteiger partial charge in [-0.3, -0.25) is 10.1 Å². The predicted octanol–water partition coefficient (Wildman–Crippen LogP) is 2.28. The van der Waals surface area contributed by atoms with Crippen molar-refractivity contribution in [1.29, 1.82) is 0 Å². The third-order valence-corrected chi connectivity index (χ3v) is 4.04. The molecule has 0 atom stereocenters. The summed E-state index contributed by atoms with van der Waals surface area (Å²) in [6.45, 7) is 0.824. The molecule has 0 aliphatic heterocycles. The molecule has 0 unspecified atom stereocenters. The van der Waals surface area contributed by atoms with E-state index >= 15 is 0 Å². The summed E-state index contributed by atoms with van der Waals surface area (Å²) in [6.07, 6.45) is 6.17. The van der Waals surface area contributed by atoms with E-state index in [0.717, 1.165) is 6.54 Å². The minimum absolute atomic E-state index is 0.0220. The van der Waals surface area contributed by atoms with Crippen LogP contribution in [0.1, 0.15) is 25.7 Å². The Morgan fingerprint density at radius 1 is 1.42 bits per heavy atom. The van der Waals surface area contributed by atoms with Crippen molar-refractivity contribution in [1.82, 2.24) is 9.88 Å². The van der Waals surface area contributed by atoms with Gasteiger partial charge in [-0.2, -0.15) is 0 Å². The molecule has 0 spiro atoms. The summed E-state index contributed by atoms with van der Waals surface area (Å²) in [7, 11) is 4.21. The molecule has 1 fully saturated rings. The van der Waals surface area contributed by atoms with Gasteiger partial charge < -0.3 is 10.2 Å². The smallest absolute Gasteiger partial charge is 0.287 e. The lowest BCUT2D eigenvalue weighted by atomic mass is 9.96. The summed E-state index contributed by atoms with van der Waals surface area (Å²) in [5.41, 5.74) is 0.206. The van der Waals surface area contributed by atoms with Crippen LogP contribution in [0, 0.1) is 10.1 Å². The van der Waals surface area contributed by atoms with E-state index in [0.29, 0.717) is 5.82 Å². The SMILES string of the molecule is CN(C)C1(CNc2ccc([N+](=O)[O-])cn2)CCCC1. The van der Waals surface area contributed by atoms with Crippen molar-refractivity contribution in [2.75, 3.05) is 26.0 Å². The maximum absolute atomic E-state index is 10.6. The molecule has 2 rings (SSSR count). The Bertz CT molecular complexity index is 438. The highest BCUT2D eigenvalue weighted by Gasteiger charge is 2.35. The summed E-state index contributed by atoms with van der Waals surface area (Å²) in [5.74, 6) is 0.693. The van der Waals surface area contributed by atoms with Crippen LogP contribution in [0.25, 0.3) is 0 Å². The number of rotatable bonds is 5. The van der Waals surface area contributed by atoms with E-state index in [-0.39, 0.29) is 11.2 Å². The molecule has 6 nitrogen and oxygen atoms in total. The van der Waals surface area contributed by atoms with E-state index in [1.807, 2.05) is 0 Å². The molecule has 0 aromatic carbocycles. The lowest BCUT2D eigenvalue weighted by Gasteiger charge is -2.36. The van der Waals surface area contributed by atoms with Crippen molar-refractivity contribution in [3.05, 3.63) is 28.4 Å². The normalized spacial score (nSPS) is 17.6. The third-order valence-electron chi connectivity index (χ3n) is 4.04. The second kappa shape index (κ2) is 5.52. The van der Waals surface area contributed by atoms with Gasteiger partial charge in [0, 0.05) is 18.2 Å². The molecule has 104 valence electrons. The summed E-state index contributed by atoms with van der Waals surface area (Å²) < 4.78 is 0. The van der Waals surface area contributed by atoms with Gasteiger partial charge in [0.25, 0.3) is 5.69 Å². The molecule has 0 radical (unpaired) electrons. The van der Waals surface area contributed by atoms with Gasteiger partial charge >= 0.3 is 0 Å². The molecule has 0 saturated heterocycles. The number of nitro groups is 1. The number of aromatic nitrogens is 1. The molecular formula is C13H20N4O2. The van der Waals surface area contributed by atoms with Gasteiger partial charge in [-0.05, 0) is 33.0 Å². The highest BCUT2D eigenvalue weighted by Crippen LogP contribution is 2.33. The number of hydrogen-bond acceptors (Lipinski definition) is 5. The standard InChI is InChI=1S/C13H20N4O2/c1-16(2)13(7-3-4-8-13)10-15-12-6-5-11(9-14-12)17(18)19/h5-6,9H,3-4,7-8,10H2,1-2H3,(H,14,15). The van der Waals surface area contributed by atoms with E-state index in [4.69, 9.17) is 0 Å². The van der Waals surface area contributed by atoms with Crippen LogP contribution in [-0.4, -0.2) is 41.0 Å². The summed E-state index contributed by atoms with van der Waals surface area (Å²) in [6, 6.07) is 3.14. The van der Waals surface area contributed by atoms with Gasteiger partial charge in [-0.25, -0.2) is 4.98 Å². The summed E-state index contributed by atoms with van der Waals surface area (Å²) in [4.78, 5) is 16.5. The Hall–Kier alpha value is -1.69. The molecular weight excluding hydrogens is 244 g/mol. The fourth-order valence-electron chi connectivity index (χ4n) is 2.67. The van der Waals surface area contributed by atoms with E-state index in [1.54, 1.807) is 6.07 Å². The van der Waals surface area contributed by atoms with Gasteiger partial charge in [0.1, 0.15) is 12.0 Å². The van der Waals surface area contributed by atoms with Gasteiger partial charge in [-0.15, -0.1) is 0 Å². The number of anilines is 1. The van der Waals surface area contributed by atoms with Gasteiger partial charge in [0.15, 0.2) is 0 Å². The number of nitrogens with zero attached hydrogens (tertiary/aromatic N) is 3. The first kappa shape index (κ1) is 13.7. The molecule has 19 heavy (non-hydrogen) atoms. The molecule has 1 aliphatic rings. The van der Waals surface area contributed by atoms with Crippen LogP contribution in [0.3, 0.4) is 0 Å². The predicted molar refractivity (Wildman–Crippen MR) is 74.3 cm³/mol. The van der Waals surface area contributed by atoms with E-state index in [2.05, 4.69) is 29.3 Å². The molecule has 1 aromatic rings. The highest BCUT2D eigenvalue weighted by molar-refractivity contribution is 5.40. The molecule has 1 N–H and O–H groups in total. The molecule has 1 aliphatic carbocycles. The van der Waals surface area contributed by atoms with E-state index in [1.165, 1.54) is 37.9 Å². The van der Waals surface area contributed by atoms with Crippen LogP contribution < -0.4 is 5.32 Å². The zero-order valence-electron chi connectivity index (χ0n) is 11.4. The van der Waals surface area contributed by atoms with Crippen LogP contribution >= 0.6 is 0 Å². The Kier molecular flexibility index (Phi) is 3.99. The van der Waals surface area contributed by atoms with Crippen LogP contribution in [-0.2, 0) is 0 Å². The number of hydrogen-bond donors (Lipinski definition) is 1. The molecule has 6 heteroatoms. The summed E-state index contributed by atoms with van der Waals surface area (Å²) in [5, 5.41) is 13.9. The maximum atomic E-state index is 10.6. The molecule has 1 saturated carbocycles. The zero-order valence-corrected chi connectivity index (χ0v) is 11.4. The lowest BCUT2D eigenvalue weighted by Crippen LogP contribution is -2.47. The van der Waals surface area contributed by atoms with Crippen LogP contribution in [0.15, 0.2) is 18.3 Å². The van der Waals surface area contributed by atoms with Crippen molar-refractivity contribution in [3.8, 4) is 0 Å². The second-order valence-electron chi connectivity index (χ2n) is 5.34. The largest absolute Gasteiger partial charge is 0.368 e. The lowest BCUT2D eigenvalue weighted by molar-refractivity contribution is -0.385. The first-order valence-corrected chi connectivity index (χ1v) is 6.55. The van der Waals surface area contributed by atoms with Crippen molar-refractivity contribution in [3.63, 3.8) is 0 Å². The van der Waals surface area contributed by atoms with Gasteiger partial charge in [-0.1, -0.05) is 12.8 Å². The molecule has 0 amide bonds.